The molecule has 0 unspecified atom stereocenters. The van der Waals surface area contributed by atoms with E-state index in [9.17, 15) is 0 Å². The standard InChI is InChI=1S/C59H42N2/c60-58(61-56(41-20-7-2-8-21-41)37-32-40-18-5-1-6-19-40)51-30-17-29-50-47-27-14-13-26-46(47)48-35-33-42(39-53(48)57(50)51)43-34-36-55-52(38-43)49-28-15-16-31-54(49)59(55,44-22-9-3-10-23-44)45-24-11-4-12-25-45/h1-31,33-39H,32H2,(H2,60,61)/b56-37-. The van der Waals surface area contributed by atoms with Gasteiger partial charge in [-0.15, -0.1) is 0 Å². The van der Waals surface area contributed by atoms with Crippen LogP contribution >= 0.6 is 0 Å². The van der Waals surface area contributed by atoms with E-state index in [2.05, 4.69) is 218 Å². The Kier molecular flexibility index (Phi) is 8.98. The number of fused-ring (bicyclic) bond motifs is 9. The summed E-state index contributed by atoms with van der Waals surface area (Å²) in [5.74, 6) is 0.489. The first-order valence-electron chi connectivity index (χ1n) is 21.1. The molecule has 0 atom stereocenters. The summed E-state index contributed by atoms with van der Waals surface area (Å²) in [7, 11) is 0. The van der Waals surface area contributed by atoms with Crippen molar-refractivity contribution in [1.29, 1.82) is 0 Å². The molecule has 0 fully saturated rings. The van der Waals surface area contributed by atoms with Gasteiger partial charge in [0.25, 0.3) is 0 Å². The lowest BCUT2D eigenvalue weighted by Gasteiger charge is -2.33. The van der Waals surface area contributed by atoms with Gasteiger partial charge in [-0.25, -0.2) is 4.99 Å². The van der Waals surface area contributed by atoms with E-state index in [4.69, 9.17) is 10.7 Å². The van der Waals surface area contributed by atoms with E-state index in [1.807, 2.05) is 12.1 Å². The number of rotatable bonds is 8. The first-order valence-corrected chi connectivity index (χ1v) is 21.1. The van der Waals surface area contributed by atoms with Crippen LogP contribution < -0.4 is 5.73 Å². The van der Waals surface area contributed by atoms with Crippen molar-refractivity contribution in [2.75, 3.05) is 0 Å². The molecule has 2 heteroatoms. The minimum Gasteiger partial charge on any atom is -0.383 e. The quantitative estimate of drug-likeness (QED) is 0.0931. The van der Waals surface area contributed by atoms with Crippen molar-refractivity contribution in [1.82, 2.24) is 0 Å². The third-order valence-corrected chi connectivity index (χ3v) is 12.6. The Morgan fingerprint density at radius 3 is 1.70 bits per heavy atom. The molecule has 0 aliphatic heterocycles. The van der Waals surface area contributed by atoms with Crippen LogP contribution in [0.1, 0.15) is 38.9 Å². The fraction of sp³-hybridized carbons (Fsp3) is 0.0339. The average molecular weight is 779 g/mol. The van der Waals surface area contributed by atoms with Crippen LogP contribution in [-0.2, 0) is 11.8 Å². The predicted molar refractivity (Wildman–Crippen MR) is 257 cm³/mol. The van der Waals surface area contributed by atoms with Gasteiger partial charge in [-0.2, -0.15) is 0 Å². The highest BCUT2D eigenvalue weighted by atomic mass is 14.9. The highest BCUT2D eigenvalue weighted by Crippen LogP contribution is 2.56. The molecule has 2 nitrogen and oxygen atoms in total. The number of nitrogens with zero attached hydrogens (tertiary/aromatic N) is 1. The minimum atomic E-state index is -0.439. The maximum atomic E-state index is 7.19. The van der Waals surface area contributed by atoms with Crippen molar-refractivity contribution in [2.24, 2.45) is 10.7 Å². The highest BCUT2D eigenvalue weighted by molar-refractivity contribution is 6.30. The minimum absolute atomic E-state index is 0.439. The van der Waals surface area contributed by atoms with Gasteiger partial charge in [-0.05, 0) is 101 Å². The number of nitrogens with two attached hydrogens (primary N) is 1. The molecule has 1 aliphatic carbocycles. The summed E-state index contributed by atoms with van der Waals surface area (Å²) >= 11 is 0. The summed E-state index contributed by atoms with van der Waals surface area (Å²) in [5.41, 5.74) is 20.8. The molecule has 10 aromatic carbocycles. The van der Waals surface area contributed by atoms with E-state index in [1.54, 1.807) is 0 Å². The van der Waals surface area contributed by atoms with E-state index in [0.717, 1.165) is 45.0 Å². The summed E-state index contributed by atoms with van der Waals surface area (Å²) in [6.07, 6.45) is 2.93. The fourth-order valence-electron chi connectivity index (χ4n) is 9.88. The highest BCUT2D eigenvalue weighted by Gasteiger charge is 2.45. The van der Waals surface area contributed by atoms with Crippen molar-refractivity contribution in [3.8, 4) is 22.3 Å². The number of benzene rings is 10. The number of hydrogen-bond acceptors (Lipinski definition) is 1. The Labute approximate surface area is 356 Å². The third kappa shape index (κ3) is 6.07. The van der Waals surface area contributed by atoms with Crippen molar-refractivity contribution >= 4 is 43.9 Å². The van der Waals surface area contributed by atoms with Gasteiger partial charge in [-0.1, -0.05) is 218 Å². The van der Waals surface area contributed by atoms with Crippen LogP contribution in [0.3, 0.4) is 0 Å². The molecule has 0 aromatic heterocycles. The summed E-state index contributed by atoms with van der Waals surface area (Å²) < 4.78 is 0. The van der Waals surface area contributed by atoms with Gasteiger partial charge in [-0.3, -0.25) is 0 Å². The normalized spacial score (nSPS) is 13.4. The molecule has 0 heterocycles. The number of aliphatic imine (C=N–C) groups is 1. The van der Waals surface area contributed by atoms with Gasteiger partial charge in [0.1, 0.15) is 5.84 Å². The lowest BCUT2D eigenvalue weighted by atomic mass is 9.67. The van der Waals surface area contributed by atoms with Gasteiger partial charge in [0.2, 0.25) is 0 Å². The summed E-state index contributed by atoms with van der Waals surface area (Å²) in [6, 6.07) is 81.0. The Hall–Kier alpha value is -7.81. The smallest absolute Gasteiger partial charge is 0.132 e. The zero-order chi connectivity index (χ0) is 40.8. The molecule has 0 saturated carbocycles. The van der Waals surface area contributed by atoms with E-state index < -0.39 is 5.41 Å². The van der Waals surface area contributed by atoms with Crippen molar-refractivity contribution in [3.05, 3.63) is 269 Å². The molecule has 0 bridgehead atoms. The lowest BCUT2D eigenvalue weighted by molar-refractivity contribution is 0.768. The van der Waals surface area contributed by atoms with Gasteiger partial charge >= 0.3 is 0 Å². The van der Waals surface area contributed by atoms with Crippen LogP contribution in [0, 0.1) is 0 Å². The lowest BCUT2D eigenvalue weighted by Crippen LogP contribution is -2.28. The van der Waals surface area contributed by atoms with Gasteiger partial charge < -0.3 is 5.73 Å². The maximum absolute atomic E-state index is 7.19. The molecule has 61 heavy (non-hydrogen) atoms. The molecule has 10 aromatic rings. The molecular weight excluding hydrogens is 737 g/mol. The second kappa shape index (κ2) is 15.1. The topological polar surface area (TPSA) is 38.4 Å². The summed E-state index contributed by atoms with van der Waals surface area (Å²) in [5, 5.41) is 7.02. The van der Waals surface area contributed by atoms with Crippen LogP contribution in [0.15, 0.2) is 236 Å². The first-order chi connectivity index (χ1) is 30.2. The Morgan fingerprint density at radius 1 is 0.443 bits per heavy atom. The van der Waals surface area contributed by atoms with Gasteiger partial charge in [0.15, 0.2) is 0 Å². The number of allylic oxidation sites excluding steroid dienone is 1. The molecule has 0 amide bonds. The van der Waals surface area contributed by atoms with Crippen LogP contribution in [0.2, 0.25) is 0 Å². The Balaban J connectivity index is 1.11. The Morgan fingerprint density at radius 2 is 0.984 bits per heavy atom. The number of amidine groups is 1. The fourth-order valence-corrected chi connectivity index (χ4v) is 9.88. The van der Waals surface area contributed by atoms with E-state index in [1.165, 1.54) is 60.7 Å². The second-order valence-corrected chi connectivity index (χ2v) is 16.0. The van der Waals surface area contributed by atoms with Crippen LogP contribution in [0.4, 0.5) is 0 Å². The average Bonchev–Trinajstić information content (AvgIpc) is 3.64. The third-order valence-electron chi connectivity index (χ3n) is 12.6. The van der Waals surface area contributed by atoms with E-state index in [-0.39, 0.29) is 0 Å². The molecule has 2 N–H and O–H groups in total. The molecule has 0 radical (unpaired) electrons. The molecule has 1 aliphatic rings. The van der Waals surface area contributed by atoms with Crippen LogP contribution in [0.5, 0.6) is 0 Å². The molecule has 288 valence electrons. The van der Waals surface area contributed by atoms with E-state index in [0.29, 0.717) is 5.84 Å². The molecule has 11 rings (SSSR count). The molecular formula is C59H42N2. The van der Waals surface area contributed by atoms with Crippen molar-refractivity contribution in [2.45, 2.75) is 11.8 Å². The second-order valence-electron chi connectivity index (χ2n) is 16.0. The van der Waals surface area contributed by atoms with E-state index >= 15 is 0 Å². The number of hydrogen-bond donors (Lipinski definition) is 1. The molecule has 0 saturated heterocycles. The van der Waals surface area contributed by atoms with Crippen molar-refractivity contribution in [3.63, 3.8) is 0 Å². The molecule has 0 spiro atoms. The van der Waals surface area contributed by atoms with Gasteiger partial charge in [0, 0.05) is 10.9 Å². The first kappa shape index (κ1) is 36.3. The monoisotopic (exact) mass is 778 g/mol. The summed E-state index contributed by atoms with van der Waals surface area (Å²) in [6.45, 7) is 0. The zero-order valence-electron chi connectivity index (χ0n) is 33.7. The van der Waals surface area contributed by atoms with Crippen LogP contribution in [0.25, 0.3) is 60.3 Å². The predicted octanol–water partition coefficient (Wildman–Crippen LogP) is 14.2. The SMILES string of the molecule is NC(=N/C(=C\Cc1ccccc1)c1ccccc1)c1cccc2c3ccccc3c3ccc(-c4ccc5c(c4)-c4ccccc4C5(c4ccccc4)c4ccccc4)cc3c12. The summed E-state index contributed by atoms with van der Waals surface area (Å²) in [4.78, 5) is 5.23. The largest absolute Gasteiger partial charge is 0.383 e. The zero-order valence-corrected chi connectivity index (χ0v) is 33.7. The van der Waals surface area contributed by atoms with Gasteiger partial charge in [0.05, 0.1) is 11.1 Å². The van der Waals surface area contributed by atoms with Crippen LogP contribution in [-0.4, -0.2) is 5.84 Å². The Bertz CT molecular complexity index is 3270. The maximum Gasteiger partial charge on any atom is 0.132 e. The van der Waals surface area contributed by atoms with Crippen molar-refractivity contribution < 1.29 is 0 Å².